The van der Waals surface area contributed by atoms with Crippen LogP contribution in [0.2, 0.25) is 0 Å². The van der Waals surface area contributed by atoms with E-state index < -0.39 is 11.7 Å². The second-order valence-corrected chi connectivity index (χ2v) is 8.78. The number of halogens is 1. The highest BCUT2D eigenvalue weighted by Crippen LogP contribution is 2.38. The SMILES string of the molecule is CC(=Cc1ccc(-c2c(C)c3ncnc(N)c3n2-c2ccc(Oc3nccc(C)n3)c(F)c2)cc1)C(N)=O. The molecule has 0 saturated carbocycles. The molecule has 38 heavy (non-hydrogen) atoms. The van der Waals surface area contributed by atoms with E-state index in [2.05, 4.69) is 19.9 Å². The van der Waals surface area contributed by atoms with Crippen molar-refractivity contribution >= 4 is 28.8 Å². The lowest BCUT2D eigenvalue weighted by Crippen LogP contribution is -2.11. The highest BCUT2D eigenvalue weighted by Gasteiger charge is 2.22. The summed E-state index contributed by atoms with van der Waals surface area (Å²) >= 11 is 0. The Kier molecular flexibility index (Phi) is 6.29. The van der Waals surface area contributed by atoms with Crippen molar-refractivity contribution in [2.24, 2.45) is 5.73 Å². The van der Waals surface area contributed by atoms with Gasteiger partial charge < -0.3 is 20.8 Å². The molecule has 5 aromatic rings. The zero-order chi connectivity index (χ0) is 27.0. The number of aromatic nitrogens is 5. The van der Waals surface area contributed by atoms with Crippen LogP contribution in [0.1, 0.15) is 23.7 Å². The fraction of sp³-hybridized carbons (Fsp3) is 0.107. The average Bonchev–Trinajstić information content (AvgIpc) is 3.19. The van der Waals surface area contributed by atoms with Crippen LogP contribution in [-0.4, -0.2) is 30.4 Å². The molecule has 0 aliphatic heterocycles. The van der Waals surface area contributed by atoms with Crippen molar-refractivity contribution in [1.29, 1.82) is 0 Å². The van der Waals surface area contributed by atoms with Gasteiger partial charge in [-0.05, 0) is 56.2 Å². The number of rotatable bonds is 6. The minimum absolute atomic E-state index is 0.0146. The van der Waals surface area contributed by atoms with E-state index in [4.69, 9.17) is 16.2 Å². The van der Waals surface area contributed by atoms with Gasteiger partial charge >= 0.3 is 6.01 Å². The Hall–Kier alpha value is -5.12. The van der Waals surface area contributed by atoms with Gasteiger partial charge in [0.05, 0.1) is 11.2 Å². The fourth-order valence-corrected chi connectivity index (χ4v) is 4.23. The summed E-state index contributed by atoms with van der Waals surface area (Å²) in [5, 5.41) is 0. The van der Waals surface area contributed by atoms with Crippen molar-refractivity contribution in [3.8, 4) is 28.7 Å². The van der Waals surface area contributed by atoms with Gasteiger partial charge in [0.15, 0.2) is 17.4 Å². The molecule has 10 heteroatoms. The third kappa shape index (κ3) is 4.55. The molecule has 0 unspecified atom stereocenters. The van der Waals surface area contributed by atoms with Crippen LogP contribution >= 0.6 is 0 Å². The first-order valence-corrected chi connectivity index (χ1v) is 11.7. The van der Waals surface area contributed by atoms with E-state index in [1.54, 1.807) is 38.3 Å². The molecule has 0 radical (unpaired) electrons. The normalized spacial score (nSPS) is 11.6. The van der Waals surface area contributed by atoms with Gasteiger partial charge in [-0.15, -0.1) is 0 Å². The van der Waals surface area contributed by atoms with E-state index in [1.165, 1.54) is 18.5 Å². The van der Waals surface area contributed by atoms with Crippen LogP contribution in [0.15, 0.2) is 66.6 Å². The molecular weight excluding hydrogens is 485 g/mol. The van der Waals surface area contributed by atoms with Gasteiger partial charge in [0.1, 0.15) is 11.8 Å². The number of carbonyl (C=O) groups excluding carboxylic acids is 1. The summed E-state index contributed by atoms with van der Waals surface area (Å²) in [6.07, 6.45) is 4.66. The van der Waals surface area contributed by atoms with Gasteiger partial charge in [-0.3, -0.25) is 4.79 Å². The van der Waals surface area contributed by atoms with E-state index in [1.807, 2.05) is 35.8 Å². The summed E-state index contributed by atoms with van der Waals surface area (Å²) in [5.74, 6) is -0.840. The lowest BCUT2D eigenvalue weighted by atomic mass is 10.0. The Morgan fingerprint density at radius 3 is 2.50 bits per heavy atom. The van der Waals surface area contributed by atoms with Crippen molar-refractivity contribution in [1.82, 2.24) is 24.5 Å². The number of hydrogen-bond acceptors (Lipinski definition) is 7. The second kappa shape index (κ2) is 9.74. The third-order valence-electron chi connectivity index (χ3n) is 6.11. The molecule has 190 valence electrons. The highest BCUT2D eigenvalue weighted by atomic mass is 19.1. The van der Waals surface area contributed by atoms with Crippen molar-refractivity contribution in [2.45, 2.75) is 20.8 Å². The molecule has 0 bridgehead atoms. The Balaban J connectivity index is 1.64. The quantitative estimate of drug-likeness (QED) is 0.311. The van der Waals surface area contributed by atoms with Crippen LogP contribution < -0.4 is 16.2 Å². The van der Waals surface area contributed by atoms with Gasteiger partial charge in [-0.2, -0.15) is 0 Å². The number of anilines is 1. The van der Waals surface area contributed by atoms with E-state index in [-0.39, 0.29) is 17.6 Å². The number of carbonyl (C=O) groups is 1. The van der Waals surface area contributed by atoms with Crippen molar-refractivity contribution < 1.29 is 13.9 Å². The summed E-state index contributed by atoms with van der Waals surface area (Å²) in [6.45, 7) is 5.38. The summed E-state index contributed by atoms with van der Waals surface area (Å²) in [5.41, 5.74) is 17.8. The molecule has 1 amide bonds. The van der Waals surface area contributed by atoms with E-state index in [0.29, 0.717) is 28.0 Å². The smallest absolute Gasteiger partial charge is 0.322 e. The molecular formula is C28H24FN7O2. The van der Waals surface area contributed by atoms with Crippen LogP contribution in [0, 0.1) is 19.7 Å². The first-order chi connectivity index (χ1) is 18.2. The van der Waals surface area contributed by atoms with Crippen molar-refractivity contribution in [2.75, 3.05) is 5.73 Å². The second-order valence-electron chi connectivity index (χ2n) is 8.78. The van der Waals surface area contributed by atoms with Gasteiger partial charge in [-0.1, -0.05) is 24.3 Å². The van der Waals surface area contributed by atoms with E-state index in [9.17, 15) is 4.79 Å². The first-order valence-electron chi connectivity index (χ1n) is 11.7. The Morgan fingerprint density at radius 1 is 1.05 bits per heavy atom. The first kappa shape index (κ1) is 24.6. The van der Waals surface area contributed by atoms with Gasteiger partial charge in [0.2, 0.25) is 5.91 Å². The maximum atomic E-state index is 15.3. The summed E-state index contributed by atoms with van der Waals surface area (Å²) in [7, 11) is 0. The molecule has 0 atom stereocenters. The largest absolute Gasteiger partial charge is 0.421 e. The maximum Gasteiger partial charge on any atom is 0.322 e. The number of nitrogens with two attached hydrogens (primary N) is 2. The molecule has 9 nitrogen and oxygen atoms in total. The van der Waals surface area contributed by atoms with Gasteiger partial charge in [-0.25, -0.2) is 24.3 Å². The van der Waals surface area contributed by atoms with Crippen LogP contribution in [0.3, 0.4) is 0 Å². The van der Waals surface area contributed by atoms with Crippen LogP contribution in [-0.2, 0) is 4.79 Å². The lowest BCUT2D eigenvalue weighted by molar-refractivity contribution is -0.114. The van der Waals surface area contributed by atoms with E-state index in [0.717, 1.165) is 22.4 Å². The summed E-state index contributed by atoms with van der Waals surface area (Å²) in [6, 6.07) is 13.9. The predicted molar refractivity (Wildman–Crippen MR) is 143 cm³/mol. The minimum Gasteiger partial charge on any atom is -0.421 e. The Labute approximate surface area is 217 Å². The number of primary amides is 1. The van der Waals surface area contributed by atoms with Crippen LogP contribution in [0.4, 0.5) is 10.2 Å². The molecule has 0 spiro atoms. The number of nitrogens with zero attached hydrogens (tertiary/aromatic N) is 5. The standard InChI is InChI=1S/C28H24FN7O2/c1-15(27(31)37)12-18-4-6-19(7-5-18)24-17(3)23-25(26(30)34-14-33-23)36(24)20-8-9-22(21(29)13-20)38-28-32-11-10-16(2)35-28/h4-14H,1-3H3,(H2,31,37)(H2,30,33,34). The predicted octanol–water partition coefficient (Wildman–Crippen LogP) is 4.90. The zero-order valence-electron chi connectivity index (χ0n) is 20.9. The molecule has 3 heterocycles. The van der Waals surface area contributed by atoms with Crippen LogP contribution in [0.5, 0.6) is 11.8 Å². The molecule has 0 aliphatic carbocycles. The maximum absolute atomic E-state index is 15.3. The number of amides is 1. The monoisotopic (exact) mass is 509 g/mol. The molecule has 0 aliphatic rings. The molecule has 5 rings (SSSR count). The Morgan fingerprint density at radius 2 is 1.82 bits per heavy atom. The van der Waals surface area contributed by atoms with Gasteiger partial charge in [0, 0.05) is 34.8 Å². The molecule has 3 aromatic heterocycles. The summed E-state index contributed by atoms with van der Waals surface area (Å²) < 4.78 is 22.7. The zero-order valence-corrected chi connectivity index (χ0v) is 20.9. The number of fused-ring (bicyclic) bond motifs is 1. The van der Waals surface area contributed by atoms with E-state index >= 15 is 4.39 Å². The average molecular weight is 510 g/mol. The lowest BCUT2D eigenvalue weighted by Gasteiger charge is -2.14. The fourth-order valence-electron chi connectivity index (χ4n) is 4.23. The molecule has 0 fully saturated rings. The topological polar surface area (TPSA) is 135 Å². The Bertz CT molecular complexity index is 1730. The van der Waals surface area contributed by atoms with Crippen molar-refractivity contribution in [3.05, 3.63) is 89.3 Å². The molecule has 0 saturated heterocycles. The van der Waals surface area contributed by atoms with Gasteiger partial charge in [0.25, 0.3) is 0 Å². The number of nitrogen functional groups attached to an aromatic ring is 1. The van der Waals surface area contributed by atoms with Crippen LogP contribution in [0.25, 0.3) is 34.1 Å². The summed E-state index contributed by atoms with van der Waals surface area (Å²) in [4.78, 5) is 28.2. The number of aryl methyl sites for hydroxylation is 2. The molecule has 2 aromatic carbocycles. The number of hydrogen-bond donors (Lipinski definition) is 2. The number of benzene rings is 2. The highest BCUT2D eigenvalue weighted by molar-refractivity contribution is 5.97. The minimum atomic E-state index is -0.601. The molecule has 4 N–H and O–H groups in total. The third-order valence-corrected chi connectivity index (χ3v) is 6.11. The van der Waals surface area contributed by atoms with Crippen molar-refractivity contribution in [3.63, 3.8) is 0 Å². The number of ether oxygens (including phenoxy) is 1.